The first-order valence-electron chi connectivity index (χ1n) is 5.57. The summed E-state index contributed by atoms with van der Waals surface area (Å²) in [4.78, 5) is 12.8. The first-order chi connectivity index (χ1) is 8.19. The number of aromatic amines is 1. The van der Waals surface area contributed by atoms with Crippen LogP contribution < -0.4 is 0 Å². The van der Waals surface area contributed by atoms with Crippen molar-refractivity contribution >= 4 is 6.09 Å². The van der Waals surface area contributed by atoms with E-state index in [2.05, 4.69) is 10.2 Å². The Labute approximate surface area is 103 Å². The van der Waals surface area contributed by atoms with Gasteiger partial charge in [0.2, 0.25) is 0 Å². The Bertz CT molecular complexity index is 465. The summed E-state index contributed by atoms with van der Waals surface area (Å²) in [5.41, 5.74) is -0.609. The summed E-state index contributed by atoms with van der Waals surface area (Å²) >= 11 is 0. The molecule has 1 aliphatic heterocycles. The highest BCUT2D eigenvalue weighted by Crippen LogP contribution is 2.35. The average molecular weight is 259 g/mol. The van der Waals surface area contributed by atoms with Crippen molar-refractivity contribution in [3.8, 4) is 0 Å². The van der Waals surface area contributed by atoms with Gasteiger partial charge in [0.05, 0.1) is 19.3 Å². The second kappa shape index (κ2) is 3.93. The van der Waals surface area contributed by atoms with Crippen LogP contribution in [0.25, 0.3) is 0 Å². The molecule has 0 aliphatic carbocycles. The number of nitrogens with zero attached hydrogens (tertiary/aromatic N) is 2. The maximum atomic E-state index is 13.8. The topological polar surface area (TPSA) is 58.2 Å². The fourth-order valence-electron chi connectivity index (χ4n) is 1.78. The van der Waals surface area contributed by atoms with Gasteiger partial charge in [-0.05, 0) is 20.8 Å². The van der Waals surface area contributed by atoms with E-state index in [1.165, 1.54) is 6.20 Å². The number of amides is 1. The molecule has 2 heterocycles. The summed E-state index contributed by atoms with van der Waals surface area (Å²) in [6.45, 7) is 4.45. The lowest BCUT2D eigenvalue weighted by Gasteiger charge is -2.33. The van der Waals surface area contributed by atoms with Crippen molar-refractivity contribution in [1.82, 2.24) is 15.1 Å². The average Bonchev–Trinajstić information content (AvgIpc) is 2.62. The first kappa shape index (κ1) is 12.8. The molecule has 1 aromatic rings. The fraction of sp³-hybridized carbons (Fsp3) is 0.636. The molecule has 0 saturated carbocycles. The van der Waals surface area contributed by atoms with Gasteiger partial charge in [-0.1, -0.05) is 0 Å². The van der Waals surface area contributed by atoms with Crippen molar-refractivity contribution in [2.24, 2.45) is 0 Å². The molecule has 1 amide bonds. The smallest absolute Gasteiger partial charge is 0.410 e. The lowest BCUT2D eigenvalue weighted by atomic mass is 10.1. The quantitative estimate of drug-likeness (QED) is 0.777. The van der Waals surface area contributed by atoms with Crippen LogP contribution in [0.2, 0.25) is 0 Å². The van der Waals surface area contributed by atoms with Gasteiger partial charge in [0.25, 0.3) is 0 Å². The largest absolute Gasteiger partial charge is 0.444 e. The predicted octanol–water partition coefficient (Wildman–Crippen LogP) is 2.25. The minimum atomic E-state index is -3.12. The van der Waals surface area contributed by atoms with Gasteiger partial charge in [-0.2, -0.15) is 13.9 Å². The molecular formula is C11H15F2N3O2. The second-order valence-electron chi connectivity index (χ2n) is 5.31. The highest BCUT2D eigenvalue weighted by atomic mass is 19.3. The molecule has 1 aliphatic rings. The van der Waals surface area contributed by atoms with Gasteiger partial charge in [0.15, 0.2) is 0 Å². The number of carbonyl (C=O) groups excluding carboxylic acids is 1. The number of hydrogen-bond donors (Lipinski definition) is 1. The molecule has 1 N–H and O–H groups in total. The van der Waals surface area contributed by atoms with Crippen molar-refractivity contribution in [3.05, 3.63) is 17.5 Å². The standard InChI is InChI=1S/C11H15F2N3O2/c1-10(2,3)18-9(17)16-5-7-4-14-15-8(7)11(12,13)6-16/h4H,5-6H2,1-3H3,(H,14,15). The molecule has 0 bridgehead atoms. The molecule has 0 radical (unpaired) electrons. The highest BCUT2D eigenvalue weighted by molar-refractivity contribution is 5.68. The molecule has 5 nitrogen and oxygen atoms in total. The molecule has 1 aromatic heterocycles. The lowest BCUT2D eigenvalue weighted by molar-refractivity contribution is -0.0619. The van der Waals surface area contributed by atoms with Crippen LogP contribution in [-0.4, -0.2) is 33.3 Å². The lowest BCUT2D eigenvalue weighted by Crippen LogP contribution is -2.45. The van der Waals surface area contributed by atoms with Crippen LogP contribution in [0.5, 0.6) is 0 Å². The number of fused-ring (bicyclic) bond motifs is 1. The zero-order valence-corrected chi connectivity index (χ0v) is 10.5. The minimum absolute atomic E-state index is 0.0797. The number of alkyl halides is 2. The van der Waals surface area contributed by atoms with Gasteiger partial charge in [-0.15, -0.1) is 0 Å². The zero-order valence-electron chi connectivity index (χ0n) is 10.5. The number of hydrogen-bond acceptors (Lipinski definition) is 3. The molecule has 0 aromatic carbocycles. The summed E-state index contributed by atoms with van der Waals surface area (Å²) in [6.07, 6.45) is 0.564. The summed E-state index contributed by atoms with van der Waals surface area (Å²) in [5, 5.41) is 5.86. The van der Waals surface area contributed by atoms with E-state index < -0.39 is 24.2 Å². The minimum Gasteiger partial charge on any atom is -0.444 e. The number of halogens is 2. The van der Waals surface area contributed by atoms with Crippen LogP contribution >= 0.6 is 0 Å². The Balaban J connectivity index is 2.18. The molecule has 7 heteroatoms. The second-order valence-corrected chi connectivity index (χ2v) is 5.31. The monoisotopic (exact) mass is 259 g/mol. The highest BCUT2D eigenvalue weighted by Gasteiger charge is 2.44. The Morgan fingerprint density at radius 3 is 2.83 bits per heavy atom. The summed E-state index contributed by atoms with van der Waals surface area (Å²) < 4.78 is 32.6. The van der Waals surface area contributed by atoms with E-state index in [4.69, 9.17) is 4.74 Å². The van der Waals surface area contributed by atoms with Gasteiger partial charge in [0.1, 0.15) is 11.3 Å². The molecule has 0 fully saturated rings. The SMILES string of the molecule is CC(C)(C)OC(=O)N1Cc2cn[nH]c2C(F)(F)C1. The molecule has 0 spiro atoms. The summed E-state index contributed by atoms with van der Waals surface area (Å²) in [5.74, 6) is -3.12. The maximum Gasteiger partial charge on any atom is 0.410 e. The number of carbonyl (C=O) groups is 1. The van der Waals surface area contributed by atoms with E-state index in [1.54, 1.807) is 20.8 Å². The molecule has 0 saturated heterocycles. The van der Waals surface area contributed by atoms with Gasteiger partial charge in [-0.3, -0.25) is 10.00 Å². The number of H-pyrrole nitrogens is 1. The van der Waals surface area contributed by atoms with Gasteiger partial charge < -0.3 is 4.74 Å². The Hall–Kier alpha value is -1.66. The molecule has 0 atom stereocenters. The van der Waals surface area contributed by atoms with Crippen LogP contribution in [0, 0.1) is 0 Å². The van der Waals surface area contributed by atoms with E-state index in [0.717, 1.165) is 4.90 Å². The summed E-state index contributed by atoms with van der Waals surface area (Å²) in [7, 11) is 0. The Kier molecular flexibility index (Phi) is 2.79. The normalized spacial score (nSPS) is 18.4. The third-order valence-electron chi connectivity index (χ3n) is 2.49. The van der Waals surface area contributed by atoms with E-state index in [1.807, 2.05) is 0 Å². The third-order valence-corrected chi connectivity index (χ3v) is 2.49. The Morgan fingerprint density at radius 2 is 2.22 bits per heavy atom. The molecule has 0 unspecified atom stereocenters. The van der Waals surface area contributed by atoms with E-state index >= 15 is 0 Å². The van der Waals surface area contributed by atoms with Crippen molar-refractivity contribution in [2.45, 2.75) is 38.8 Å². The number of ether oxygens (including phenoxy) is 1. The maximum absolute atomic E-state index is 13.8. The zero-order chi connectivity index (χ0) is 13.6. The van der Waals surface area contributed by atoms with Gasteiger partial charge in [0, 0.05) is 5.56 Å². The van der Waals surface area contributed by atoms with E-state index in [9.17, 15) is 13.6 Å². The summed E-state index contributed by atoms with van der Waals surface area (Å²) in [6, 6.07) is 0. The van der Waals surface area contributed by atoms with E-state index in [0.29, 0.717) is 5.56 Å². The number of aromatic nitrogens is 2. The van der Waals surface area contributed by atoms with Gasteiger partial charge >= 0.3 is 12.0 Å². The first-order valence-corrected chi connectivity index (χ1v) is 5.57. The fourth-order valence-corrected chi connectivity index (χ4v) is 1.78. The molecule has 2 rings (SSSR count). The molecule has 18 heavy (non-hydrogen) atoms. The van der Waals surface area contributed by atoms with Crippen LogP contribution in [0.3, 0.4) is 0 Å². The Morgan fingerprint density at radius 1 is 1.56 bits per heavy atom. The predicted molar refractivity (Wildman–Crippen MR) is 59.1 cm³/mol. The van der Waals surface area contributed by atoms with Crippen molar-refractivity contribution < 1.29 is 18.3 Å². The van der Waals surface area contributed by atoms with Crippen molar-refractivity contribution in [3.63, 3.8) is 0 Å². The van der Waals surface area contributed by atoms with Crippen molar-refractivity contribution in [1.29, 1.82) is 0 Å². The third kappa shape index (κ3) is 2.44. The van der Waals surface area contributed by atoms with Crippen LogP contribution in [0.1, 0.15) is 32.0 Å². The number of nitrogens with one attached hydrogen (secondary N) is 1. The number of rotatable bonds is 0. The van der Waals surface area contributed by atoms with E-state index in [-0.39, 0.29) is 12.2 Å². The molecule has 100 valence electrons. The molecular weight excluding hydrogens is 244 g/mol. The van der Waals surface area contributed by atoms with Crippen LogP contribution in [-0.2, 0) is 17.2 Å². The van der Waals surface area contributed by atoms with Crippen molar-refractivity contribution in [2.75, 3.05) is 6.54 Å². The van der Waals surface area contributed by atoms with Crippen LogP contribution in [0.15, 0.2) is 6.20 Å². The van der Waals surface area contributed by atoms with Gasteiger partial charge in [-0.25, -0.2) is 4.79 Å². The van der Waals surface area contributed by atoms with Crippen LogP contribution in [0.4, 0.5) is 13.6 Å².